The second kappa shape index (κ2) is 15.8. The fourth-order valence-electron chi connectivity index (χ4n) is 3.58. The Kier molecular flexibility index (Phi) is 14.0. The molecule has 1 aliphatic heterocycles. The van der Waals surface area contributed by atoms with Gasteiger partial charge in [-0.05, 0) is 6.42 Å². The zero-order valence-electron chi connectivity index (χ0n) is 16.3. The Balaban J connectivity index is 1.68. The summed E-state index contributed by atoms with van der Waals surface area (Å²) in [6.07, 6.45) is 22.4. The number of amides is 2. The predicted octanol–water partition coefficient (Wildman–Crippen LogP) is 6.27. The lowest BCUT2D eigenvalue weighted by molar-refractivity contribution is 0.216. The Hall–Kier alpha value is -0.730. The molecule has 3 nitrogen and oxygen atoms in total. The maximum atomic E-state index is 11.4. The van der Waals surface area contributed by atoms with E-state index in [2.05, 4.69) is 12.2 Å². The van der Waals surface area contributed by atoms with Gasteiger partial charge < -0.3 is 10.2 Å². The smallest absolute Gasteiger partial charge is 0.317 e. The van der Waals surface area contributed by atoms with Crippen molar-refractivity contribution >= 4 is 6.03 Å². The number of rotatable bonds is 17. The molecule has 0 bridgehead atoms. The summed E-state index contributed by atoms with van der Waals surface area (Å²) in [5.41, 5.74) is 0. The topological polar surface area (TPSA) is 32.3 Å². The molecule has 0 spiro atoms. The van der Waals surface area contributed by atoms with Gasteiger partial charge in [0.25, 0.3) is 0 Å². The van der Waals surface area contributed by atoms with Crippen LogP contribution < -0.4 is 5.32 Å². The van der Waals surface area contributed by atoms with Crippen LogP contribution in [0.1, 0.15) is 110 Å². The molecule has 0 aromatic rings. The molecule has 1 aliphatic rings. The summed E-state index contributed by atoms with van der Waals surface area (Å²) < 4.78 is 0. The summed E-state index contributed by atoms with van der Waals surface area (Å²) in [6, 6.07) is 0.135. The van der Waals surface area contributed by atoms with Crippen molar-refractivity contribution in [1.29, 1.82) is 0 Å². The van der Waals surface area contributed by atoms with Gasteiger partial charge in [0.05, 0.1) is 0 Å². The summed E-state index contributed by atoms with van der Waals surface area (Å²) in [5.74, 6) is 0. The fraction of sp³-hybridized carbons (Fsp3) is 0.952. The third kappa shape index (κ3) is 11.8. The Morgan fingerprint density at radius 2 is 1.12 bits per heavy atom. The van der Waals surface area contributed by atoms with Crippen LogP contribution in [0, 0.1) is 0 Å². The molecule has 0 aliphatic carbocycles. The van der Waals surface area contributed by atoms with Crippen LogP contribution in [0.15, 0.2) is 0 Å². The van der Waals surface area contributed by atoms with Gasteiger partial charge in [0, 0.05) is 19.6 Å². The lowest BCUT2D eigenvalue weighted by atomic mass is 10.0. The van der Waals surface area contributed by atoms with E-state index in [0.717, 1.165) is 19.6 Å². The van der Waals surface area contributed by atoms with Crippen molar-refractivity contribution in [2.75, 3.05) is 19.6 Å². The van der Waals surface area contributed by atoms with Gasteiger partial charge in [0.2, 0.25) is 0 Å². The van der Waals surface area contributed by atoms with Gasteiger partial charge in [-0.2, -0.15) is 0 Å². The fourth-order valence-corrected chi connectivity index (χ4v) is 3.58. The van der Waals surface area contributed by atoms with Crippen LogP contribution in [0.2, 0.25) is 0 Å². The normalized spacial score (nSPS) is 14.4. The highest BCUT2D eigenvalue weighted by Crippen LogP contribution is 2.14. The second-order valence-corrected chi connectivity index (χ2v) is 7.52. The molecule has 0 aromatic carbocycles. The molecule has 2 amide bonds. The van der Waals surface area contributed by atoms with Crippen molar-refractivity contribution in [2.45, 2.75) is 110 Å². The van der Waals surface area contributed by atoms with E-state index < -0.39 is 0 Å². The molecule has 0 saturated carbocycles. The third-order valence-corrected chi connectivity index (χ3v) is 5.23. The zero-order chi connectivity index (χ0) is 17.3. The van der Waals surface area contributed by atoms with Crippen LogP contribution in [-0.4, -0.2) is 30.6 Å². The monoisotopic (exact) mass is 338 g/mol. The summed E-state index contributed by atoms with van der Waals surface area (Å²) in [6.45, 7) is 4.97. The standard InChI is InChI=1S/C21H42N2O/c1-2-3-4-5-6-7-8-9-10-11-12-13-14-15-16-17-19-23-20-18-22-21(23)24/h2-20H2,1H3,(H,22,24). The first kappa shape index (κ1) is 21.3. The van der Waals surface area contributed by atoms with E-state index in [1.807, 2.05) is 4.90 Å². The lowest BCUT2D eigenvalue weighted by Crippen LogP contribution is -2.28. The SMILES string of the molecule is CCCCCCCCCCCCCCCCCCN1CCNC1=O. The highest BCUT2D eigenvalue weighted by Gasteiger charge is 2.17. The van der Waals surface area contributed by atoms with Gasteiger partial charge in [-0.1, -0.05) is 103 Å². The first-order chi connectivity index (χ1) is 11.8. The van der Waals surface area contributed by atoms with Gasteiger partial charge in [-0.25, -0.2) is 4.79 Å². The third-order valence-electron chi connectivity index (χ3n) is 5.23. The van der Waals surface area contributed by atoms with E-state index >= 15 is 0 Å². The minimum Gasteiger partial charge on any atom is -0.336 e. The van der Waals surface area contributed by atoms with Gasteiger partial charge in [0.1, 0.15) is 0 Å². The van der Waals surface area contributed by atoms with Crippen LogP contribution in [-0.2, 0) is 0 Å². The number of carbonyl (C=O) groups excluding carboxylic acids is 1. The number of nitrogens with one attached hydrogen (secondary N) is 1. The molecule has 1 heterocycles. The van der Waals surface area contributed by atoms with Crippen LogP contribution in [0.3, 0.4) is 0 Å². The largest absolute Gasteiger partial charge is 0.336 e. The Morgan fingerprint density at radius 1 is 0.708 bits per heavy atom. The van der Waals surface area contributed by atoms with Crippen molar-refractivity contribution < 1.29 is 4.79 Å². The molecule has 24 heavy (non-hydrogen) atoms. The minimum absolute atomic E-state index is 0.135. The number of nitrogens with zero attached hydrogens (tertiary/aromatic N) is 1. The zero-order valence-corrected chi connectivity index (χ0v) is 16.3. The molecule has 1 fully saturated rings. The molecule has 142 valence electrons. The van der Waals surface area contributed by atoms with Crippen molar-refractivity contribution in [3.63, 3.8) is 0 Å². The molecule has 0 atom stereocenters. The van der Waals surface area contributed by atoms with E-state index in [0.29, 0.717) is 0 Å². The summed E-state index contributed by atoms with van der Waals surface area (Å²) in [4.78, 5) is 13.3. The minimum atomic E-state index is 0.135. The Labute approximate surface area is 151 Å². The van der Waals surface area contributed by atoms with Crippen LogP contribution in [0.5, 0.6) is 0 Å². The van der Waals surface area contributed by atoms with Crippen molar-refractivity contribution in [2.24, 2.45) is 0 Å². The maximum absolute atomic E-state index is 11.4. The van der Waals surface area contributed by atoms with Crippen LogP contribution in [0.4, 0.5) is 4.79 Å². The molecule has 3 heteroatoms. The van der Waals surface area contributed by atoms with Crippen LogP contribution >= 0.6 is 0 Å². The van der Waals surface area contributed by atoms with E-state index in [-0.39, 0.29) is 6.03 Å². The molecule has 1 saturated heterocycles. The average Bonchev–Trinajstić information content (AvgIpc) is 2.99. The Bertz CT molecular complexity index is 294. The highest BCUT2D eigenvalue weighted by atomic mass is 16.2. The maximum Gasteiger partial charge on any atom is 0.317 e. The van der Waals surface area contributed by atoms with Crippen molar-refractivity contribution in [3.05, 3.63) is 0 Å². The average molecular weight is 339 g/mol. The second-order valence-electron chi connectivity index (χ2n) is 7.52. The quantitative estimate of drug-likeness (QED) is 0.311. The molecular formula is C21H42N2O. The first-order valence-electron chi connectivity index (χ1n) is 10.9. The Morgan fingerprint density at radius 3 is 1.50 bits per heavy atom. The molecule has 0 radical (unpaired) electrons. The van der Waals surface area contributed by atoms with Gasteiger partial charge in [-0.15, -0.1) is 0 Å². The molecule has 0 unspecified atom stereocenters. The van der Waals surface area contributed by atoms with Gasteiger partial charge in [-0.3, -0.25) is 0 Å². The van der Waals surface area contributed by atoms with E-state index in [9.17, 15) is 4.79 Å². The summed E-state index contributed by atoms with van der Waals surface area (Å²) >= 11 is 0. The molecule has 0 aromatic heterocycles. The summed E-state index contributed by atoms with van der Waals surface area (Å²) in [7, 11) is 0. The molecular weight excluding hydrogens is 296 g/mol. The molecule has 1 rings (SSSR count). The van der Waals surface area contributed by atoms with Gasteiger partial charge >= 0.3 is 6.03 Å². The number of hydrogen-bond acceptors (Lipinski definition) is 1. The van der Waals surface area contributed by atoms with E-state index in [1.165, 1.54) is 103 Å². The van der Waals surface area contributed by atoms with E-state index in [1.54, 1.807) is 0 Å². The first-order valence-corrected chi connectivity index (χ1v) is 10.9. The van der Waals surface area contributed by atoms with Crippen molar-refractivity contribution in [1.82, 2.24) is 10.2 Å². The number of unbranched alkanes of at least 4 members (excludes halogenated alkanes) is 15. The molecule has 1 N–H and O–H groups in total. The van der Waals surface area contributed by atoms with Crippen LogP contribution in [0.25, 0.3) is 0 Å². The van der Waals surface area contributed by atoms with Gasteiger partial charge in [0.15, 0.2) is 0 Å². The number of carbonyl (C=O) groups is 1. The lowest BCUT2D eigenvalue weighted by Gasteiger charge is -2.13. The highest BCUT2D eigenvalue weighted by molar-refractivity contribution is 5.76. The predicted molar refractivity (Wildman–Crippen MR) is 105 cm³/mol. The number of urea groups is 1. The van der Waals surface area contributed by atoms with Crippen molar-refractivity contribution in [3.8, 4) is 0 Å². The van der Waals surface area contributed by atoms with E-state index in [4.69, 9.17) is 0 Å². The number of hydrogen-bond donors (Lipinski definition) is 1. The summed E-state index contributed by atoms with van der Waals surface area (Å²) in [5, 5.41) is 2.86.